The summed E-state index contributed by atoms with van der Waals surface area (Å²) in [5, 5.41) is 5.12. The SMILES string of the molecule is CCCOc1ccc(S(=O)(=O)Oc2cccc(NC(=O)Nc3ccccc3OS(=O)(=O)c3ccc(OCCC)cc3)c2)cc1. The summed E-state index contributed by atoms with van der Waals surface area (Å²) in [6, 6.07) is 22.7. The van der Waals surface area contributed by atoms with Crippen molar-refractivity contribution in [3.8, 4) is 23.0 Å². The number of hydrogen-bond acceptors (Lipinski definition) is 9. The minimum atomic E-state index is -4.23. The van der Waals surface area contributed by atoms with Crippen LogP contribution in [0.5, 0.6) is 23.0 Å². The lowest BCUT2D eigenvalue weighted by Crippen LogP contribution is -2.20. The molecule has 4 rings (SSSR count). The predicted octanol–water partition coefficient (Wildman–Crippen LogP) is 6.44. The van der Waals surface area contributed by atoms with Crippen LogP contribution in [0.15, 0.2) is 107 Å². The monoisotopic (exact) mass is 640 g/mol. The standard InChI is InChI=1S/C31H32N2O9S2/c1-3-20-39-24-12-16-27(17-13-24)43(35,36)41-26-9-7-8-23(22-26)32-31(34)33-29-10-5-6-11-30(29)42-44(37,38)28-18-14-25(15-19-28)40-21-4-2/h5-19,22H,3-4,20-21H2,1-2H3,(H2,32,33,34). The van der Waals surface area contributed by atoms with E-state index in [0.717, 1.165) is 12.8 Å². The Labute approximate surface area is 257 Å². The van der Waals surface area contributed by atoms with Gasteiger partial charge in [-0.15, -0.1) is 0 Å². The lowest BCUT2D eigenvalue weighted by Gasteiger charge is -2.14. The maximum absolute atomic E-state index is 12.9. The van der Waals surface area contributed by atoms with Gasteiger partial charge in [-0.3, -0.25) is 0 Å². The normalized spacial score (nSPS) is 11.3. The highest BCUT2D eigenvalue weighted by atomic mass is 32.2. The van der Waals surface area contributed by atoms with E-state index in [1.807, 2.05) is 13.8 Å². The zero-order chi connectivity index (χ0) is 31.6. The Kier molecular flexibility index (Phi) is 10.7. The number of ether oxygens (including phenoxy) is 2. The van der Waals surface area contributed by atoms with Gasteiger partial charge in [0.2, 0.25) is 0 Å². The van der Waals surface area contributed by atoms with Crippen molar-refractivity contribution in [2.45, 2.75) is 36.5 Å². The molecular formula is C31H32N2O9S2. The number of nitrogens with one attached hydrogen (secondary N) is 2. The fraction of sp³-hybridized carbons (Fsp3) is 0.194. The van der Waals surface area contributed by atoms with Crippen LogP contribution in [0.3, 0.4) is 0 Å². The average molecular weight is 641 g/mol. The Balaban J connectivity index is 1.40. The van der Waals surface area contributed by atoms with Gasteiger partial charge in [0.25, 0.3) is 0 Å². The lowest BCUT2D eigenvalue weighted by atomic mass is 10.3. The highest BCUT2D eigenvalue weighted by molar-refractivity contribution is 7.87. The second-order valence-electron chi connectivity index (χ2n) is 9.32. The molecule has 0 aliphatic rings. The third-order valence-electron chi connectivity index (χ3n) is 5.80. The third-order valence-corrected chi connectivity index (χ3v) is 8.31. The van der Waals surface area contributed by atoms with Crippen LogP contribution in [0.1, 0.15) is 26.7 Å². The maximum atomic E-state index is 12.9. The van der Waals surface area contributed by atoms with Gasteiger partial charge in [0.1, 0.15) is 27.0 Å². The first-order valence-corrected chi connectivity index (χ1v) is 16.5. The van der Waals surface area contributed by atoms with Crippen molar-refractivity contribution in [2.24, 2.45) is 0 Å². The largest absolute Gasteiger partial charge is 0.494 e. The van der Waals surface area contributed by atoms with Gasteiger partial charge in [0.15, 0.2) is 5.75 Å². The van der Waals surface area contributed by atoms with E-state index in [2.05, 4.69) is 10.6 Å². The number of urea groups is 1. The summed E-state index contributed by atoms with van der Waals surface area (Å²) in [6.07, 6.45) is 1.63. The summed E-state index contributed by atoms with van der Waals surface area (Å²) < 4.78 is 72.9. The minimum absolute atomic E-state index is 0.0324. The van der Waals surface area contributed by atoms with Crippen molar-refractivity contribution in [3.63, 3.8) is 0 Å². The summed E-state index contributed by atoms with van der Waals surface area (Å²) in [6.45, 7) is 4.94. The van der Waals surface area contributed by atoms with Crippen LogP contribution < -0.4 is 28.5 Å². The van der Waals surface area contributed by atoms with Crippen molar-refractivity contribution in [3.05, 3.63) is 97.1 Å². The minimum Gasteiger partial charge on any atom is -0.494 e. The number of rotatable bonds is 14. The molecule has 0 heterocycles. The second-order valence-corrected chi connectivity index (χ2v) is 12.4. The van der Waals surface area contributed by atoms with Gasteiger partial charge in [0, 0.05) is 11.8 Å². The number of amides is 2. The van der Waals surface area contributed by atoms with E-state index in [0.29, 0.717) is 24.7 Å². The Hall–Kier alpha value is -4.75. The van der Waals surface area contributed by atoms with Gasteiger partial charge in [-0.05, 0) is 85.6 Å². The molecule has 2 amide bonds. The number of para-hydroxylation sites is 2. The fourth-order valence-corrected chi connectivity index (χ4v) is 5.61. The third kappa shape index (κ3) is 8.88. The van der Waals surface area contributed by atoms with E-state index < -0.39 is 26.3 Å². The smallest absolute Gasteiger partial charge is 0.339 e. The van der Waals surface area contributed by atoms with Crippen molar-refractivity contribution < 1.29 is 39.5 Å². The van der Waals surface area contributed by atoms with Crippen LogP contribution in [0.25, 0.3) is 0 Å². The number of benzene rings is 4. The molecule has 0 aromatic heterocycles. The van der Waals surface area contributed by atoms with E-state index in [4.69, 9.17) is 17.8 Å². The van der Waals surface area contributed by atoms with E-state index >= 15 is 0 Å². The van der Waals surface area contributed by atoms with Gasteiger partial charge in [-0.25, -0.2) is 4.79 Å². The number of hydrogen-bond donors (Lipinski definition) is 2. The molecule has 0 saturated carbocycles. The van der Waals surface area contributed by atoms with Crippen molar-refractivity contribution in [1.82, 2.24) is 0 Å². The molecule has 0 bridgehead atoms. The first-order chi connectivity index (χ1) is 21.1. The molecule has 0 unspecified atom stereocenters. The summed E-state index contributed by atoms with van der Waals surface area (Å²) in [4.78, 5) is 12.7. The van der Waals surface area contributed by atoms with Crippen LogP contribution in [-0.4, -0.2) is 36.1 Å². The zero-order valence-corrected chi connectivity index (χ0v) is 25.7. The molecule has 44 heavy (non-hydrogen) atoms. The van der Waals surface area contributed by atoms with Crippen LogP contribution in [0.2, 0.25) is 0 Å². The first-order valence-electron chi connectivity index (χ1n) is 13.7. The summed E-state index contributed by atoms with van der Waals surface area (Å²) >= 11 is 0. The quantitative estimate of drug-likeness (QED) is 0.149. The number of carbonyl (C=O) groups excluding carboxylic acids is 1. The van der Waals surface area contributed by atoms with Gasteiger partial charge < -0.3 is 28.5 Å². The number of anilines is 2. The van der Waals surface area contributed by atoms with Crippen molar-refractivity contribution in [2.75, 3.05) is 23.8 Å². The lowest BCUT2D eigenvalue weighted by molar-refractivity contribution is 0.262. The Bertz CT molecular complexity index is 1780. The molecule has 0 radical (unpaired) electrons. The van der Waals surface area contributed by atoms with Gasteiger partial charge >= 0.3 is 26.3 Å². The van der Waals surface area contributed by atoms with Gasteiger partial charge in [0.05, 0.1) is 18.9 Å². The van der Waals surface area contributed by atoms with Crippen LogP contribution in [-0.2, 0) is 20.2 Å². The molecule has 0 saturated heterocycles. The fourth-order valence-electron chi connectivity index (χ4n) is 3.74. The van der Waals surface area contributed by atoms with Crippen molar-refractivity contribution >= 4 is 37.6 Å². The summed E-state index contributed by atoms with van der Waals surface area (Å²) in [7, 11) is -8.39. The van der Waals surface area contributed by atoms with Crippen LogP contribution in [0.4, 0.5) is 16.2 Å². The maximum Gasteiger partial charge on any atom is 0.339 e. The molecule has 0 spiro atoms. The Morgan fingerprint density at radius 3 is 1.73 bits per heavy atom. The molecule has 2 N–H and O–H groups in total. The molecular weight excluding hydrogens is 608 g/mol. The van der Waals surface area contributed by atoms with E-state index in [9.17, 15) is 21.6 Å². The van der Waals surface area contributed by atoms with Gasteiger partial charge in [-0.1, -0.05) is 32.0 Å². The Morgan fingerprint density at radius 2 is 1.16 bits per heavy atom. The van der Waals surface area contributed by atoms with E-state index in [-0.39, 0.29) is 32.7 Å². The second kappa shape index (κ2) is 14.6. The summed E-state index contributed by atoms with van der Waals surface area (Å²) in [5.74, 6) is 0.931. The molecule has 0 aliphatic heterocycles. The molecule has 13 heteroatoms. The first kappa shape index (κ1) is 32.2. The highest BCUT2D eigenvalue weighted by Crippen LogP contribution is 2.29. The molecule has 4 aromatic rings. The number of carbonyl (C=O) groups is 1. The topological polar surface area (TPSA) is 146 Å². The van der Waals surface area contributed by atoms with Crippen LogP contribution in [0, 0.1) is 0 Å². The summed E-state index contributed by atoms with van der Waals surface area (Å²) in [5.41, 5.74) is 0.299. The van der Waals surface area contributed by atoms with Gasteiger partial charge in [-0.2, -0.15) is 16.8 Å². The molecule has 0 aliphatic carbocycles. The molecule has 11 nitrogen and oxygen atoms in total. The highest BCUT2D eigenvalue weighted by Gasteiger charge is 2.20. The molecule has 0 atom stereocenters. The van der Waals surface area contributed by atoms with Crippen LogP contribution >= 0.6 is 0 Å². The molecule has 4 aromatic carbocycles. The Morgan fingerprint density at radius 1 is 0.614 bits per heavy atom. The van der Waals surface area contributed by atoms with E-state index in [1.165, 1.54) is 72.8 Å². The van der Waals surface area contributed by atoms with Crippen molar-refractivity contribution in [1.29, 1.82) is 0 Å². The molecule has 232 valence electrons. The predicted molar refractivity (Wildman–Crippen MR) is 166 cm³/mol. The van der Waals surface area contributed by atoms with E-state index in [1.54, 1.807) is 24.3 Å². The average Bonchev–Trinajstić information content (AvgIpc) is 3.00. The molecule has 0 fully saturated rings. The zero-order valence-electron chi connectivity index (χ0n) is 24.1.